The molecule has 5 nitrogen and oxygen atoms in total. The monoisotopic (exact) mass is 319 g/mol. The van der Waals surface area contributed by atoms with Crippen molar-refractivity contribution in [2.24, 2.45) is 0 Å². The molecule has 22 heavy (non-hydrogen) atoms. The van der Waals surface area contributed by atoms with E-state index in [2.05, 4.69) is 5.32 Å². The highest BCUT2D eigenvalue weighted by atomic mass is 32.2. The second-order valence-corrected chi connectivity index (χ2v) is 5.70. The summed E-state index contributed by atoms with van der Waals surface area (Å²) >= 11 is 1.66. The van der Waals surface area contributed by atoms with Crippen molar-refractivity contribution in [1.29, 1.82) is 0 Å². The van der Waals surface area contributed by atoms with Crippen molar-refractivity contribution in [2.45, 2.75) is 19.1 Å². The molecule has 2 N–H and O–H groups in total. The highest BCUT2D eigenvalue weighted by Gasteiger charge is 2.21. The lowest BCUT2D eigenvalue weighted by Crippen LogP contribution is -2.16. The first-order chi connectivity index (χ1) is 10.5. The Morgan fingerprint density at radius 2 is 2.05 bits per heavy atom. The van der Waals surface area contributed by atoms with Gasteiger partial charge in [0.15, 0.2) is 0 Å². The number of anilines is 1. The number of benzene rings is 1. The van der Waals surface area contributed by atoms with Crippen LogP contribution in [0.25, 0.3) is 0 Å². The lowest BCUT2D eigenvalue weighted by atomic mass is 10.1. The molecule has 0 aliphatic rings. The molecule has 1 amide bonds. The topological polar surface area (TPSA) is 79.5 Å². The van der Waals surface area contributed by atoms with Crippen LogP contribution in [0.1, 0.15) is 27.2 Å². The maximum atomic E-state index is 12.5. The predicted molar refractivity (Wildman–Crippen MR) is 86.4 cm³/mol. The van der Waals surface area contributed by atoms with Gasteiger partial charge in [0.2, 0.25) is 0 Å². The molecule has 0 saturated heterocycles. The summed E-state index contributed by atoms with van der Waals surface area (Å²) < 4.78 is 5.20. The molecule has 1 heterocycles. The van der Waals surface area contributed by atoms with Crippen LogP contribution in [-0.2, 0) is 17.0 Å². The van der Waals surface area contributed by atoms with Gasteiger partial charge in [0.25, 0.3) is 5.91 Å². The van der Waals surface area contributed by atoms with Crippen molar-refractivity contribution >= 4 is 29.3 Å². The molecule has 0 radical (unpaired) electrons. The number of amides is 1. The highest BCUT2D eigenvalue weighted by molar-refractivity contribution is 7.97. The van der Waals surface area contributed by atoms with E-state index in [0.29, 0.717) is 11.1 Å². The van der Waals surface area contributed by atoms with E-state index in [1.165, 1.54) is 6.26 Å². The third-order valence-corrected chi connectivity index (χ3v) is 3.76. The Labute approximate surface area is 132 Å². The number of aliphatic carboxylic acids is 1. The number of carboxylic acid groups (broad SMARTS) is 1. The predicted octanol–water partition coefficient (Wildman–Crippen LogP) is 3.33. The van der Waals surface area contributed by atoms with Crippen molar-refractivity contribution in [3.05, 3.63) is 53.0 Å². The number of hydrogen-bond acceptors (Lipinski definition) is 4. The Morgan fingerprint density at radius 3 is 2.73 bits per heavy atom. The first-order valence-electron chi connectivity index (χ1n) is 6.70. The molecule has 1 aromatic heterocycles. The highest BCUT2D eigenvalue weighted by Crippen LogP contribution is 2.23. The molecule has 1 aromatic carbocycles. The van der Waals surface area contributed by atoms with Crippen molar-refractivity contribution in [2.75, 3.05) is 11.6 Å². The van der Waals surface area contributed by atoms with Crippen LogP contribution in [0.5, 0.6) is 0 Å². The van der Waals surface area contributed by atoms with Crippen LogP contribution in [0, 0.1) is 6.92 Å². The fraction of sp³-hybridized carbons (Fsp3) is 0.250. The fourth-order valence-electron chi connectivity index (χ4n) is 2.18. The molecule has 0 fully saturated rings. The summed E-state index contributed by atoms with van der Waals surface area (Å²) in [6.07, 6.45) is 3.08. The Kier molecular flexibility index (Phi) is 5.27. The molecule has 0 spiro atoms. The molecule has 0 aliphatic heterocycles. The number of carboxylic acids is 1. The zero-order valence-electron chi connectivity index (χ0n) is 12.4. The quantitative estimate of drug-likeness (QED) is 0.853. The Hall–Kier alpha value is -2.21. The number of furan rings is 1. The molecule has 6 heteroatoms. The number of nitrogens with one attached hydrogen (secondary N) is 1. The van der Waals surface area contributed by atoms with Gasteiger partial charge in [-0.3, -0.25) is 9.59 Å². The van der Waals surface area contributed by atoms with Gasteiger partial charge in [-0.2, -0.15) is 11.8 Å². The summed E-state index contributed by atoms with van der Waals surface area (Å²) in [5.74, 6) is -0.435. The lowest BCUT2D eigenvalue weighted by molar-refractivity contribution is -0.136. The molecule has 0 unspecified atom stereocenters. The maximum absolute atomic E-state index is 12.5. The summed E-state index contributed by atoms with van der Waals surface area (Å²) in [7, 11) is 0. The smallest absolute Gasteiger partial charge is 0.311 e. The van der Waals surface area contributed by atoms with E-state index >= 15 is 0 Å². The van der Waals surface area contributed by atoms with Crippen molar-refractivity contribution in [3.8, 4) is 0 Å². The third kappa shape index (κ3) is 3.71. The average molecular weight is 319 g/mol. The number of hydrogen-bond donors (Lipinski definition) is 2. The maximum Gasteiger partial charge on any atom is 0.311 e. The van der Waals surface area contributed by atoms with Crippen LogP contribution in [0.4, 0.5) is 5.69 Å². The standard InChI is InChI=1S/C16H17NO4S/c1-10-8-21-13(7-14(18)19)15(10)16(20)17-12-6-4-3-5-11(12)9-22-2/h3-6,8H,7,9H2,1-2H3,(H,17,20)(H,18,19). The molecule has 2 rings (SSSR count). The van der Waals surface area contributed by atoms with E-state index in [1.807, 2.05) is 30.5 Å². The van der Waals surface area contributed by atoms with Gasteiger partial charge >= 0.3 is 5.97 Å². The van der Waals surface area contributed by atoms with Gasteiger partial charge in [0.05, 0.1) is 11.8 Å². The first kappa shape index (κ1) is 16.2. The van der Waals surface area contributed by atoms with Gasteiger partial charge in [-0.1, -0.05) is 18.2 Å². The Bertz CT molecular complexity index is 693. The van der Waals surface area contributed by atoms with E-state index in [4.69, 9.17) is 9.52 Å². The Balaban J connectivity index is 2.26. The summed E-state index contributed by atoms with van der Waals surface area (Å²) in [6, 6.07) is 7.54. The van der Waals surface area contributed by atoms with Crippen LogP contribution >= 0.6 is 11.8 Å². The Morgan fingerprint density at radius 1 is 1.32 bits per heavy atom. The fourth-order valence-corrected chi connectivity index (χ4v) is 2.74. The largest absolute Gasteiger partial charge is 0.481 e. The SMILES string of the molecule is CSCc1ccccc1NC(=O)c1c(C)coc1CC(=O)O. The summed E-state index contributed by atoms with van der Waals surface area (Å²) in [4.78, 5) is 23.3. The minimum absolute atomic E-state index is 0.171. The van der Waals surface area contributed by atoms with E-state index in [9.17, 15) is 9.59 Å². The summed E-state index contributed by atoms with van der Waals surface area (Å²) in [5, 5.41) is 11.7. The normalized spacial score (nSPS) is 10.5. The molecule has 116 valence electrons. The minimum Gasteiger partial charge on any atom is -0.481 e. The molecule has 2 aromatic rings. The van der Waals surface area contributed by atoms with Crippen LogP contribution in [-0.4, -0.2) is 23.2 Å². The van der Waals surface area contributed by atoms with Crippen LogP contribution in [0.2, 0.25) is 0 Å². The molecular weight excluding hydrogens is 302 g/mol. The molecule has 0 bridgehead atoms. The number of rotatable bonds is 6. The van der Waals surface area contributed by atoms with E-state index in [-0.39, 0.29) is 18.1 Å². The molecule has 0 atom stereocenters. The number of carbonyl (C=O) groups is 2. The second kappa shape index (κ2) is 7.17. The summed E-state index contributed by atoms with van der Waals surface area (Å²) in [5.41, 5.74) is 2.66. The average Bonchev–Trinajstić information content (AvgIpc) is 2.81. The van der Waals surface area contributed by atoms with Crippen molar-refractivity contribution < 1.29 is 19.1 Å². The zero-order valence-corrected chi connectivity index (χ0v) is 13.2. The molecule has 0 aliphatic carbocycles. The zero-order chi connectivity index (χ0) is 16.1. The molecule has 0 saturated carbocycles. The van der Waals surface area contributed by atoms with Gasteiger partial charge in [-0.25, -0.2) is 0 Å². The van der Waals surface area contributed by atoms with Gasteiger partial charge in [0, 0.05) is 17.0 Å². The van der Waals surface area contributed by atoms with E-state index in [0.717, 1.165) is 17.0 Å². The first-order valence-corrected chi connectivity index (χ1v) is 8.09. The van der Waals surface area contributed by atoms with Gasteiger partial charge in [-0.15, -0.1) is 0 Å². The lowest BCUT2D eigenvalue weighted by Gasteiger charge is -2.10. The van der Waals surface area contributed by atoms with E-state index in [1.54, 1.807) is 18.7 Å². The number of aryl methyl sites for hydroxylation is 1. The second-order valence-electron chi connectivity index (χ2n) is 4.83. The van der Waals surface area contributed by atoms with Crippen LogP contribution in [0.3, 0.4) is 0 Å². The minimum atomic E-state index is -1.04. The van der Waals surface area contributed by atoms with Crippen molar-refractivity contribution in [1.82, 2.24) is 0 Å². The number of para-hydroxylation sites is 1. The molecular formula is C16H17NO4S. The summed E-state index contributed by atoms with van der Waals surface area (Å²) in [6.45, 7) is 1.72. The van der Waals surface area contributed by atoms with Crippen LogP contribution < -0.4 is 5.32 Å². The van der Waals surface area contributed by atoms with Gasteiger partial charge < -0.3 is 14.8 Å². The van der Waals surface area contributed by atoms with E-state index < -0.39 is 5.97 Å². The van der Waals surface area contributed by atoms with Gasteiger partial charge in [-0.05, 0) is 24.8 Å². The third-order valence-electron chi connectivity index (χ3n) is 3.16. The van der Waals surface area contributed by atoms with Gasteiger partial charge in [0.1, 0.15) is 12.2 Å². The van der Waals surface area contributed by atoms with Crippen molar-refractivity contribution in [3.63, 3.8) is 0 Å². The number of carbonyl (C=O) groups excluding carboxylic acids is 1. The number of thioether (sulfide) groups is 1. The van der Waals surface area contributed by atoms with Crippen LogP contribution in [0.15, 0.2) is 34.9 Å².